The number of halogens is 1. The Labute approximate surface area is 336 Å². The van der Waals surface area contributed by atoms with E-state index in [1.807, 2.05) is 0 Å². The van der Waals surface area contributed by atoms with Crippen molar-refractivity contribution in [2.45, 2.75) is 67.5 Å². The van der Waals surface area contributed by atoms with Gasteiger partial charge in [-0.3, -0.25) is 0 Å². The predicted molar refractivity (Wildman–Crippen MR) is 228 cm³/mol. The average molecular weight is 803 g/mol. The molecule has 0 atom stereocenters. The van der Waals surface area contributed by atoms with Gasteiger partial charge in [0.1, 0.15) is 11.0 Å². The van der Waals surface area contributed by atoms with Crippen LogP contribution in [0.4, 0.5) is 0 Å². The average Bonchev–Trinajstić information content (AvgIpc) is 3.60. The molecular weight excluding hydrogens is 744 g/mol. The van der Waals surface area contributed by atoms with Crippen LogP contribution < -0.4 is 17.0 Å². The third kappa shape index (κ3) is 8.11. The molecular formula is C46H58BrN8+. The second-order valence-corrected chi connectivity index (χ2v) is 16.7. The molecule has 288 valence electrons. The highest BCUT2D eigenvalue weighted by Gasteiger charge is 2.20. The normalized spacial score (nSPS) is 12.3. The Morgan fingerprint density at radius 3 is 1.15 bits per heavy atom. The van der Waals surface area contributed by atoms with Gasteiger partial charge in [0.2, 0.25) is 0 Å². The van der Waals surface area contributed by atoms with Crippen LogP contribution in [-0.2, 0) is 13.1 Å². The molecule has 0 amide bonds. The number of hydrogen-bond donors (Lipinski definition) is 0. The summed E-state index contributed by atoms with van der Waals surface area (Å²) in [5, 5.41) is 2.39. The lowest BCUT2D eigenvalue weighted by molar-refractivity contribution is -0.890. The van der Waals surface area contributed by atoms with Crippen LogP contribution >= 0.6 is 0 Å². The monoisotopic (exact) mass is 801 g/mol. The molecule has 0 aliphatic heterocycles. The van der Waals surface area contributed by atoms with Crippen molar-refractivity contribution in [1.82, 2.24) is 29.1 Å². The van der Waals surface area contributed by atoms with Crippen LogP contribution in [0, 0.1) is 27.7 Å². The van der Waals surface area contributed by atoms with Gasteiger partial charge in [0.05, 0.1) is 101 Å². The molecule has 0 bridgehead atoms. The second kappa shape index (κ2) is 16.0. The highest BCUT2D eigenvalue weighted by Crippen LogP contribution is 2.31. The molecule has 0 N–H and O–H groups in total. The number of benzene rings is 4. The summed E-state index contributed by atoms with van der Waals surface area (Å²) in [7, 11) is 9.24. The zero-order valence-corrected chi connectivity index (χ0v) is 36.1. The van der Waals surface area contributed by atoms with Crippen LogP contribution in [0.3, 0.4) is 0 Å². The first kappa shape index (κ1) is 40.2. The molecule has 0 unspecified atom stereocenters. The molecule has 4 heterocycles. The summed E-state index contributed by atoms with van der Waals surface area (Å²) >= 11 is 0. The van der Waals surface area contributed by atoms with Crippen molar-refractivity contribution in [3.63, 3.8) is 0 Å². The SMILES string of the molecule is CCC[N+](C)(C)CCn1c2ccccc2c2nc3cc(C)c(C)cc3nc21.CCC[N+](C)(C)CCn1c2ccccc2c2nc3cc(C)c(C)cc3nc21.[Br-]. The second-order valence-electron chi connectivity index (χ2n) is 16.7. The van der Waals surface area contributed by atoms with Gasteiger partial charge in [0.25, 0.3) is 0 Å². The molecule has 0 aliphatic rings. The predicted octanol–water partition coefficient (Wildman–Crippen LogP) is 6.69. The van der Waals surface area contributed by atoms with E-state index in [9.17, 15) is 0 Å². The Morgan fingerprint density at radius 2 is 0.800 bits per heavy atom. The number of likely N-dealkylation sites (N-methyl/N-ethyl adjacent to an activating group) is 2. The topological polar surface area (TPSA) is 61.4 Å². The fraction of sp³-hybridized carbons (Fsp3) is 0.391. The van der Waals surface area contributed by atoms with Crippen molar-refractivity contribution < 1.29 is 25.9 Å². The van der Waals surface area contributed by atoms with E-state index in [0.717, 1.165) is 79.5 Å². The van der Waals surface area contributed by atoms with Gasteiger partial charge in [-0.1, -0.05) is 50.2 Å². The molecule has 0 fully saturated rings. The molecule has 8 nitrogen and oxygen atoms in total. The maximum atomic E-state index is 5.06. The third-order valence-electron chi connectivity index (χ3n) is 11.4. The summed E-state index contributed by atoms with van der Waals surface area (Å²) in [5.74, 6) is 0. The quantitative estimate of drug-likeness (QED) is 0.145. The number of nitrogens with zero attached hydrogens (tertiary/aromatic N) is 8. The minimum absolute atomic E-state index is 0. The molecule has 9 heteroatoms. The number of aryl methyl sites for hydroxylation is 4. The molecule has 8 aromatic rings. The van der Waals surface area contributed by atoms with Gasteiger partial charge in [-0.05, 0) is 99.2 Å². The molecule has 0 aliphatic carbocycles. The summed E-state index contributed by atoms with van der Waals surface area (Å²) in [6.45, 7) is 19.5. The Kier molecular flexibility index (Phi) is 11.7. The largest absolute Gasteiger partial charge is 1.00 e. The van der Waals surface area contributed by atoms with E-state index in [1.54, 1.807) is 0 Å². The highest BCUT2D eigenvalue weighted by atomic mass is 79.9. The van der Waals surface area contributed by atoms with Crippen LogP contribution in [0.2, 0.25) is 0 Å². The number of aromatic nitrogens is 6. The minimum Gasteiger partial charge on any atom is -1.00 e. The van der Waals surface area contributed by atoms with E-state index in [-0.39, 0.29) is 17.0 Å². The molecule has 4 aromatic carbocycles. The van der Waals surface area contributed by atoms with Gasteiger partial charge < -0.3 is 35.1 Å². The number of rotatable bonds is 10. The van der Waals surface area contributed by atoms with Crippen molar-refractivity contribution in [3.05, 3.63) is 95.1 Å². The minimum atomic E-state index is 0. The van der Waals surface area contributed by atoms with Crippen LogP contribution in [-0.4, -0.2) is 92.4 Å². The van der Waals surface area contributed by atoms with E-state index < -0.39 is 0 Å². The number of quaternary nitrogens is 2. The van der Waals surface area contributed by atoms with E-state index in [2.05, 4.69) is 152 Å². The van der Waals surface area contributed by atoms with E-state index in [1.165, 1.54) is 70.0 Å². The Morgan fingerprint density at radius 1 is 0.473 bits per heavy atom. The van der Waals surface area contributed by atoms with Crippen molar-refractivity contribution in [2.75, 3.05) is 54.4 Å². The Hall–Kier alpha value is -4.44. The first-order valence-corrected chi connectivity index (χ1v) is 19.7. The van der Waals surface area contributed by atoms with Gasteiger partial charge in [-0.15, -0.1) is 0 Å². The van der Waals surface area contributed by atoms with Gasteiger partial charge >= 0.3 is 0 Å². The standard InChI is InChI=1S/2C23H29N4.BrH/c2*1-6-12-27(4,5)13-11-26-21-10-8-7-9-18(21)22-23(26)25-20-15-17(3)16(2)14-19(20)24-22;/h2*7-10,14-15H,6,11-13H2,1-5H3;1H/q2*+1;/p-1. The van der Waals surface area contributed by atoms with Gasteiger partial charge in [-0.25, -0.2) is 19.9 Å². The lowest BCUT2D eigenvalue weighted by atomic mass is 10.1. The molecule has 0 saturated heterocycles. The van der Waals surface area contributed by atoms with Crippen LogP contribution in [0.1, 0.15) is 48.9 Å². The van der Waals surface area contributed by atoms with Crippen molar-refractivity contribution in [3.8, 4) is 0 Å². The lowest BCUT2D eigenvalue weighted by Gasteiger charge is -2.29. The molecule has 0 saturated carbocycles. The van der Waals surface area contributed by atoms with Crippen molar-refractivity contribution in [1.29, 1.82) is 0 Å². The first-order chi connectivity index (χ1) is 25.8. The summed E-state index contributed by atoms with van der Waals surface area (Å²) in [4.78, 5) is 20.2. The van der Waals surface area contributed by atoms with Gasteiger partial charge in [-0.2, -0.15) is 0 Å². The molecule has 4 aromatic heterocycles. The lowest BCUT2D eigenvalue weighted by Crippen LogP contribution is -3.00. The van der Waals surface area contributed by atoms with Crippen LogP contribution in [0.5, 0.6) is 0 Å². The van der Waals surface area contributed by atoms with Crippen molar-refractivity contribution >= 4 is 66.2 Å². The van der Waals surface area contributed by atoms with Gasteiger partial charge in [0, 0.05) is 10.8 Å². The Bertz CT molecular complexity index is 2470. The van der Waals surface area contributed by atoms with E-state index in [4.69, 9.17) is 19.9 Å². The molecule has 0 spiro atoms. The third-order valence-corrected chi connectivity index (χ3v) is 11.4. The molecule has 0 radical (unpaired) electrons. The molecule has 8 rings (SSSR count). The number of fused-ring (bicyclic) bond motifs is 8. The zero-order valence-electron chi connectivity index (χ0n) is 34.5. The summed E-state index contributed by atoms with van der Waals surface area (Å²) in [5.41, 5.74) is 15.5. The number of para-hydroxylation sites is 2. The molecule has 55 heavy (non-hydrogen) atoms. The highest BCUT2D eigenvalue weighted by molar-refractivity contribution is 6.07. The fourth-order valence-corrected chi connectivity index (χ4v) is 8.02. The van der Waals surface area contributed by atoms with Crippen LogP contribution in [0.25, 0.3) is 66.2 Å². The van der Waals surface area contributed by atoms with E-state index in [0.29, 0.717) is 0 Å². The Balaban J connectivity index is 0.000000184. The fourth-order valence-electron chi connectivity index (χ4n) is 8.02. The maximum absolute atomic E-state index is 5.06. The first-order valence-electron chi connectivity index (χ1n) is 19.7. The summed E-state index contributed by atoms with van der Waals surface area (Å²) in [6, 6.07) is 25.8. The summed E-state index contributed by atoms with van der Waals surface area (Å²) < 4.78 is 6.76. The van der Waals surface area contributed by atoms with Gasteiger partial charge in [0.15, 0.2) is 11.3 Å². The van der Waals surface area contributed by atoms with Crippen molar-refractivity contribution in [2.24, 2.45) is 0 Å². The van der Waals surface area contributed by atoms with E-state index >= 15 is 0 Å². The van der Waals surface area contributed by atoms with Crippen LogP contribution in [0.15, 0.2) is 72.8 Å². The smallest absolute Gasteiger partial charge is 0.160 e. The maximum Gasteiger partial charge on any atom is 0.160 e. The number of hydrogen-bond acceptors (Lipinski definition) is 4. The zero-order chi connectivity index (χ0) is 38.4. The summed E-state index contributed by atoms with van der Waals surface area (Å²) in [6.07, 6.45) is 2.40.